The standard InChI is InChI=1S/C8H11BrN2O2S/c1-8(2,3)11(7(12)13)5-4-14-6(9)10-5/h4H,1-3H3,(H,12,13). The molecule has 0 fully saturated rings. The molecule has 4 nitrogen and oxygen atoms in total. The Morgan fingerprint density at radius 2 is 2.21 bits per heavy atom. The van der Waals surface area contributed by atoms with Crippen LogP contribution in [-0.2, 0) is 0 Å². The number of thiazole rings is 1. The molecule has 0 aliphatic rings. The van der Waals surface area contributed by atoms with Gasteiger partial charge in [0, 0.05) is 10.9 Å². The highest BCUT2D eigenvalue weighted by molar-refractivity contribution is 9.11. The van der Waals surface area contributed by atoms with E-state index in [0.29, 0.717) is 9.73 Å². The van der Waals surface area contributed by atoms with Crippen LogP contribution in [-0.4, -0.2) is 21.7 Å². The van der Waals surface area contributed by atoms with Crippen molar-refractivity contribution in [3.8, 4) is 0 Å². The summed E-state index contributed by atoms with van der Waals surface area (Å²) in [5, 5.41) is 10.8. The molecule has 1 rings (SSSR count). The van der Waals surface area contributed by atoms with Crippen LogP contribution in [0.3, 0.4) is 0 Å². The summed E-state index contributed by atoms with van der Waals surface area (Å²) in [5.41, 5.74) is -0.487. The SMILES string of the molecule is CC(C)(C)N(C(=O)O)c1csc(Br)n1. The van der Waals surface area contributed by atoms with Gasteiger partial charge in [0.2, 0.25) is 0 Å². The fourth-order valence-electron chi connectivity index (χ4n) is 1.08. The van der Waals surface area contributed by atoms with Gasteiger partial charge in [0.05, 0.1) is 0 Å². The zero-order valence-electron chi connectivity index (χ0n) is 8.11. The van der Waals surface area contributed by atoms with Crippen LogP contribution < -0.4 is 4.90 Å². The van der Waals surface area contributed by atoms with E-state index in [-0.39, 0.29) is 0 Å². The lowest BCUT2D eigenvalue weighted by atomic mass is 10.1. The lowest BCUT2D eigenvalue weighted by molar-refractivity contribution is 0.195. The van der Waals surface area contributed by atoms with Crippen molar-refractivity contribution in [3.63, 3.8) is 0 Å². The Morgan fingerprint density at radius 1 is 1.64 bits per heavy atom. The Morgan fingerprint density at radius 3 is 2.50 bits per heavy atom. The summed E-state index contributed by atoms with van der Waals surface area (Å²) in [4.78, 5) is 16.4. The van der Waals surface area contributed by atoms with E-state index in [1.54, 1.807) is 5.38 Å². The summed E-state index contributed by atoms with van der Waals surface area (Å²) in [6, 6.07) is 0. The largest absolute Gasteiger partial charge is 0.465 e. The topological polar surface area (TPSA) is 53.4 Å². The van der Waals surface area contributed by atoms with E-state index < -0.39 is 11.6 Å². The van der Waals surface area contributed by atoms with E-state index in [4.69, 9.17) is 5.11 Å². The first-order valence-corrected chi connectivity index (χ1v) is 5.64. The summed E-state index contributed by atoms with van der Waals surface area (Å²) in [6.45, 7) is 5.48. The fourth-order valence-corrected chi connectivity index (χ4v) is 2.04. The van der Waals surface area contributed by atoms with Crippen molar-refractivity contribution in [3.05, 3.63) is 9.30 Å². The van der Waals surface area contributed by atoms with E-state index in [2.05, 4.69) is 20.9 Å². The highest BCUT2D eigenvalue weighted by Crippen LogP contribution is 2.27. The Hall–Kier alpha value is -0.620. The van der Waals surface area contributed by atoms with E-state index >= 15 is 0 Å². The van der Waals surface area contributed by atoms with Gasteiger partial charge in [-0.3, -0.25) is 4.90 Å². The van der Waals surface area contributed by atoms with E-state index in [9.17, 15) is 4.79 Å². The van der Waals surface area contributed by atoms with Crippen molar-refractivity contribution >= 4 is 39.2 Å². The van der Waals surface area contributed by atoms with Crippen molar-refractivity contribution in [2.24, 2.45) is 0 Å². The highest BCUT2D eigenvalue weighted by Gasteiger charge is 2.29. The molecule has 1 aromatic rings. The number of amides is 1. The molecule has 1 heterocycles. The number of rotatable bonds is 1. The second-order valence-electron chi connectivity index (χ2n) is 3.75. The third kappa shape index (κ3) is 2.45. The maximum atomic E-state index is 11.0. The second kappa shape index (κ2) is 3.86. The maximum absolute atomic E-state index is 11.0. The Kier molecular flexibility index (Phi) is 3.16. The number of hydrogen-bond acceptors (Lipinski definition) is 3. The molecule has 0 aliphatic carbocycles. The fraction of sp³-hybridized carbons (Fsp3) is 0.500. The van der Waals surface area contributed by atoms with Gasteiger partial charge in [-0.1, -0.05) is 0 Å². The quantitative estimate of drug-likeness (QED) is 0.858. The van der Waals surface area contributed by atoms with Crippen LogP contribution in [0.1, 0.15) is 20.8 Å². The minimum absolute atomic E-state index is 0.460. The van der Waals surface area contributed by atoms with Crippen molar-refractivity contribution in [1.82, 2.24) is 4.98 Å². The summed E-state index contributed by atoms with van der Waals surface area (Å²) < 4.78 is 0.683. The van der Waals surface area contributed by atoms with Crippen molar-refractivity contribution in [1.29, 1.82) is 0 Å². The lowest BCUT2D eigenvalue weighted by Gasteiger charge is -2.31. The van der Waals surface area contributed by atoms with Gasteiger partial charge in [0.15, 0.2) is 9.73 Å². The van der Waals surface area contributed by atoms with E-state index in [1.807, 2.05) is 20.8 Å². The van der Waals surface area contributed by atoms with Crippen LogP contribution in [0.15, 0.2) is 9.30 Å². The number of carboxylic acid groups (broad SMARTS) is 1. The predicted molar refractivity (Wildman–Crippen MR) is 60.1 cm³/mol. The smallest absolute Gasteiger partial charge is 0.413 e. The maximum Gasteiger partial charge on any atom is 0.413 e. The minimum Gasteiger partial charge on any atom is -0.465 e. The number of nitrogens with zero attached hydrogens (tertiary/aromatic N) is 2. The van der Waals surface area contributed by atoms with Crippen molar-refractivity contribution < 1.29 is 9.90 Å². The number of aromatic nitrogens is 1. The second-order valence-corrected chi connectivity index (χ2v) is 5.88. The molecule has 0 bridgehead atoms. The zero-order chi connectivity index (χ0) is 10.9. The molecule has 1 N–H and O–H groups in total. The van der Waals surface area contributed by atoms with E-state index in [0.717, 1.165) is 0 Å². The summed E-state index contributed by atoms with van der Waals surface area (Å²) >= 11 is 4.57. The van der Waals surface area contributed by atoms with Crippen LogP contribution in [0, 0.1) is 0 Å². The van der Waals surface area contributed by atoms with Gasteiger partial charge in [0.25, 0.3) is 0 Å². The molecule has 1 amide bonds. The molecule has 0 unspecified atom stereocenters. The number of hydrogen-bond donors (Lipinski definition) is 1. The summed E-state index contributed by atoms with van der Waals surface area (Å²) in [7, 11) is 0. The molecule has 0 atom stereocenters. The van der Waals surface area contributed by atoms with Crippen LogP contribution >= 0.6 is 27.3 Å². The number of anilines is 1. The van der Waals surface area contributed by atoms with Gasteiger partial charge in [-0.25, -0.2) is 9.78 Å². The zero-order valence-corrected chi connectivity index (χ0v) is 10.5. The predicted octanol–water partition coefficient (Wildman–Crippen LogP) is 3.19. The average molecular weight is 279 g/mol. The Labute approximate surface area is 94.7 Å². The van der Waals surface area contributed by atoms with Gasteiger partial charge < -0.3 is 5.11 Å². The van der Waals surface area contributed by atoms with Gasteiger partial charge in [0.1, 0.15) is 0 Å². The molecule has 78 valence electrons. The number of carbonyl (C=O) groups is 1. The molecule has 0 radical (unpaired) electrons. The average Bonchev–Trinajstić information content (AvgIpc) is 2.31. The third-order valence-electron chi connectivity index (χ3n) is 1.56. The molecule has 6 heteroatoms. The van der Waals surface area contributed by atoms with Crippen LogP contribution in [0.5, 0.6) is 0 Å². The lowest BCUT2D eigenvalue weighted by Crippen LogP contribution is -2.45. The van der Waals surface area contributed by atoms with Crippen LogP contribution in [0.4, 0.5) is 10.6 Å². The molecule has 0 aromatic carbocycles. The molecular formula is C8H11BrN2O2S. The van der Waals surface area contributed by atoms with Gasteiger partial charge in [-0.05, 0) is 36.7 Å². The van der Waals surface area contributed by atoms with Gasteiger partial charge >= 0.3 is 6.09 Å². The molecule has 0 spiro atoms. The molecule has 0 aliphatic heterocycles. The molecule has 14 heavy (non-hydrogen) atoms. The molecular weight excluding hydrogens is 268 g/mol. The first kappa shape index (κ1) is 11.5. The molecule has 1 aromatic heterocycles. The van der Waals surface area contributed by atoms with Crippen molar-refractivity contribution in [2.75, 3.05) is 4.90 Å². The van der Waals surface area contributed by atoms with E-state index in [1.165, 1.54) is 16.2 Å². The van der Waals surface area contributed by atoms with Gasteiger partial charge in [-0.15, -0.1) is 11.3 Å². The molecule has 0 saturated carbocycles. The normalized spacial score (nSPS) is 11.4. The van der Waals surface area contributed by atoms with Crippen molar-refractivity contribution in [2.45, 2.75) is 26.3 Å². The van der Waals surface area contributed by atoms with Gasteiger partial charge in [-0.2, -0.15) is 0 Å². The Bertz CT molecular complexity index is 345. The third-order valence-corrected chi connectivity index (χ3v) is 2.91. The minimum atomic E-state index is -0.990. The summed E-state index contributed by atoms with van der Waals surface area (Å²) in [6.07, 6.45) is -0.990. The first-order chi connectivity index (χ1) is 6.32. The number of halogens is 1. The van der Waals surface area contributed by atoms with Crippen LogP contribution in [0.25, 0.3) is 0 Å². The molecule has 0 saturated heterocycles. The summed E-state index contributed by atoms with van der Waals surface area (Å²) in [5.74, 6) is 0.460. The highest BCUT2D eigenvalue weighted by atomic mass is 79.9. The first-order valence-electron chi connectivity index (χ1n) is 3.96. The van der Waals surface area contributed by atoms with Crippen LogP contribution in [0.2, 0.25) is 0 Å². The Balaban J connectivity index is 3.07. The monoisotopic (exact) mass is 278 g/mol.